The lowest BCUT2D eigenvalue weighted by molar-refractivity contribution is 0.293. The predicted octanol–water partition coefficient (Wildman–Crippen LogP) is 2.66. The van der Waals surface area contributed by atoms with Gasteiger partial charge in [0.2, 0.25) is 10.0 Å². The van der Waals surface area contributed by atoms with Gasteiger partial charge in [0.1, 0.15) is 15.9 Å². The Morgan fingerprint density at radius 2 is 2.00 bits per heavy atom. The van der Waals surface area contributed by atoms with Gasteiger partial charge in [-0.15, -0.1) is 0 Å². The van der Waals surface area contributed by atoms with E-state index in [-0.39, 0.29) is 10.9 Å². The average molecular weight is 377 g/mol. The molecule has 132 valence electrons. The number of hydrogen-bond acceptors (Lipinski definition) is 6. The van der Waals surface area contributed by atoms with E-state index < -0.39 is 10.0 Å². The Kier molecular flexibility index (Phi) is 4.30. The van der Waals surface area contributed by atoms with Gasteiger partial charge in [-0.2, -0.15) is 13.8 Å². The van der Waals surface area contributed by atoms with Crippen molar-refractivity contribution >= 4 is 32.8 Å². The molecule has 0 atom stereocenters. The molecule has 3 aromatic rings. The highest BCUT2D eigenvalue weighted by molar-refractivity contribution is 7.89. The van der Waals surface area contributed by atoms with Gasteiger partial charge in [-0.3, -0.25) is 4.68 Å². The molecule has 7 nitrogen and oxygen atoms in total. The predicted molar refractivity (Wildman–Crippen MR) is 96.0 cm³/mol. The van der Waals surface area contributed by atoms with E-state index >= 15 is 0 Å². The first-order chi connectivity index (χ1) is 12.0. The van der Waals surface area contributed by atoms with Crippen LogP contribution in [-0.2, 0) is 10.0 Å². The van der Waals surface area contributed by atoms with Crippen LogP contribution in [0.1, 0.15) is 37.3 Å². The number of fused-ring (bicyclic) bond motifs is 1. The lowest BCUT2D eigenvalue weighted by atomic mass is 9.92. The Morgan fingerprint density at radius 3 is 2.72 bits per heavy atom. The number of aromatic nitrogens is 4. The summed E-state index contributed by atoms with van der Waals surface area (Å²) in [5, 5.41) is 4.38. The summed E-state index contributed by atoms with van der Waals surface area (Å²) in [7, 11) is -3.60. The van der Waals surface area contributed by atoms with Crippen LogP contribution in [-0.4, -0.2) is 33.0 Å². The lowest BCUT2D eigenvalue weighted by Gasteiger charge is -2.29. The van der Waals surface area contributed by atoms with Crippen LogP contribution in [0.15, 0.2) is 35.5 Å². The van der Waals surface area contributed by atoms with Gasteiger partial charge in [-0.1, -0.05) is 6.07 Å². The number of rotatable bonds is 4. The van der Waals surface area contributed by atoms with Crippen molar-refractivity contribution in [1.29, 1.82) is 0 Å². The summed E-state index contributed by atoms with van der Waals surface area (Å²) in [4.78, 5) is 0.212. The van der Waals surface area contributed by atoms with E-state index in [9.17, 15) is 8.42 Å². The van der Waals surface area contributed by atoms with E-state index in [2.05, 4.69) is 18.6 Å². The highest BCUT2D eigenvalue weighted by Gasteiger charge is 2.28. The molecule has 1 fully saturated rings. The second kappa shape index (κ2) is 6.47. The molecule has 0 saturated heterocycles. The standard InChI is InChI=1S/C16H19N5O2S2/c1-11-9-17-21(10-11)13-7-5-12(6-8-13)20-25(22,23)15-4-2-3-14-16(15)19-24-18-14/h2-4,9-10,12-13,20H,5-8H2,1H3. The maximum atomic E-state index is 12.8. The van der Waals surface area contributed by atoms with Crippen LogP contribution in [0.2, 0.25) is 0 Å². The maximum Gasteiger partial charge on any atom is 0.243 e. The monoisotopic (exact) mass is 377 g/mol. The first-order valence-corrected chi connectivity index (χ1v) is 10.5. The van der Waals surface area contributed by atoms with Crippen LogP contribution < -0.4 is 4.72 Å². The molecule has 1 saturated carbocycles. The zero-order chi connectivity index (χ0) is 17.4. The van der Waals surface area contributed by atoms with Crippen LogP contribution >= 0.6 is 11.7 Å². The molecule has 4 rings (SSSR count). The molecule has 1 aliphatic rings. The van der Waals surface area contributed by atoms with E-state index in [0.29, 0.717) is 17.1 Å². The van der Waals surface area contributed by atoms with Gasteiger partial charge in [0.15, 0.2) is 0 Å². The van der Waals surface area contributed by atoms with Gasteiger partial charge in [0.25, 0.3) is 0 Å². The van der Waals surface area contributed by atoms with Crippen LogP contribution in [0, 0.1) is 6.92 Å². The summed E-state index contributed by atoms with van der Waals surface area (Å²) in [5.74, 6) is 0. The number of benzene rings is 1. The molecule has 0 bridgehead atoms. The maximum absolute atomic E-state index is 12.8. The quantitative estimate of drug-likeness (QED) is 0.755. The molecule has 1 N–H and O–H groups in total. The topological polar surface area (TPSA) is 89.8 Å². The number of nitrogens with one attached hydrogen (secondary N) is 1. The molecule has 2 aromatic heterocycles. The van der Waals surface area contributed by atoms with Gasteiger partial charge in [-0.25, -0.2) is 13.1 Å². The molecule has 9 heteroatoms. The van der Waals surface area contributed by atoms with Crippen molar-refractivity contribution < 1.29 is 8.42 Å². The molecule has 25 heavy (non-hydrogen) atoms. The summed E-state index contributed by atoms with van der Waals surface area (Å²) in [6.45, 7) is 2.02. The van der Waals surface area contributed by atoms with Crippen molar-refractivity contribution in [2.75, 3.05) is 0 Å². The highest BCUT2D eigenvalue weighted by atomic mass is 32.2. The second-order valence-corrected chi connectivity index (χ2v) is 8.72. The summed E-state index contributed by atoms with van der Waals surface area (Å²) in [6, 6.07) is 5.36. The summed E-state index contributed by atoms with van der Waals surface area (Å²) >= 11 is 1.03. The summed E-state index contributed by atoms with van der Waals surface area (Å²) < 4.78 is 38.6. The third kappa shape index (κ3) is 3.31. The van der Waals surface area contributed by atoms with Gasteiger partial charge in [-0.05, 0) is 50.3 Å². The largest absolute Gasteiger partial charge is 0.269 e. The third-order valence-electron chi connectivity index (χ3n) is 4.66. The van der Waals surface area contributed by atoms with E-state index in [4.69, 9.17) is 0 Å². The van der Waals surface area contributed by atoms with Crippen LogP contribution in [0.3, 0.4) is 0 Å². The van der Waals surface area contributed by atoms with Crippen LogP contribution in [0.5, 0.6) is 0 Å². The number of nitrogens with zero attached hydrogens (tertiary/aromatic N) is 4. The molecule has 1 aliphatic carbocycles. The Balaban J connectivity index is 1.46. The molecule has 0 unspecified atom stereocenters. The first kappa shape index (κ1) is 16.6. The summed E-state index contributed by atoms with van der Waals surface area (Å²) in [5.41, 5.74) is 2.21. The van der Waals surface area contributed by atoms with E-state index in [1.165, 1.54) is 0 Å². The minimum atomic E-state index is -3.60. The average Bonchev–Trinajstić information content (AvgIpc) is 3.23. The zero-order valence-corrected chi connectivity index (χ0v) is 15.4. The second-order valence-electron chi connectivity index (χ2n) is 6.51. The molecular formula is C16H19N5O2S2. The van der Waals surface area contributed by atoms with E-state index in [0.717, 1.165) is 43.0 Å². The van der Waals surface area contributed by atoms with E-state index in [1.807, 2.05) is 24.0 Å². The number of sulfonamides is 1. The number of hydrogen-bond donors (Lipinski definition) is 1. The normalized spacial score (nSPS) is 21.6. The Bertz CT molecular complexity index is 987. The zero-order valence-electron chi connectivity index (χ0n) is 13.8. The summed E-state index contributed by atoms with van der Waals surface area (Å²) in [6.07, 6.45) is 7.33. The fourth-order valence-electron chi connectivity index (χ4n) is 3.37. The lowest BCUT2D eigenvalue weighted by Crippen LogP contribution is -2.38. The SMILES string of the molecule is Cc1cnn(C2CCC(NS(=O)(=O)c3cccc4nsnc34)CC2)c1. The molecule has 2 heterocycles. The van der Waals surface area contributed by atoms with Gasteiger partial charge in [0.05, 0.1) is 24.0 Å². The molecule has 0 radical (unpaired) electrons. The molecule has 0 spiro atoms. The Labute approximate surface area is 150 Å². The Morgan fingerprint density at radius 1 is 1.20 bits per heavy atom. The fraction of sp³-hybridized carbons (Fsp3) is 0.438. The first-order valence-electron chi connectivity index (χ1n) is 8.27. The Hall–Kier alpha value is -1.84. The fourth-order valence-corrected chi connectivity index (χ4v) is 5.44. The van der Waals surface area contributed by atoms with Crippen molar-refractivity contribution in [3.8, 4) is 0 Å². The molecule has 0 amide bonds. The third-order valence-corrected chi connectivity index (χ3v) is 6.76. The van der Waals surface area contributed by atoms with Crippen molar-refractivity contribution in [2.45, 2.75) is 49.6 Å². The smallest absolute Gasteiger partial charge is 0.243 e. The molecular weight excluding hydrogens is 358 g/mol. The van der Waals surface area contributed by atoms with Crippen molar-refractivity contribution in [2.24, 2.45) is 0 Å². The highest BCUT2D eigenvalue weighted by Crippen LogP contribution is 2.29. The number of aryl methyl sites for hydroxylation is 1. The van der Waals surface area contributed by atoms with Crippen molar-refractivity contribution in [3.63, 3.8) is 0 Å². The van der Waals surface area contributed by atoms with Crippen molar-refractivity contribution in [3.05, 3.63) is 36.2 Å². The van der Waals surface area contributed by atoms with Crippen LogP contribution in [0.25, 0.3) is 11.0 Å². The minimum absolute atomic E-state index is 0.0558. The van der Waals surface area contributed by atoms with Gasteiger partial charge in [0, 0.05) is 12.2 Å². The van der Waals surface area contributed by atoms with E-state index in [1.54, 1.807) is 18.2 Å². The van der Waals surface area contributed by atoms with Gasteiger partial charge >= 0.3 is 0 Å². The molecule has 1 aromatic carbocycles. The van der Waals surface area contributed by atoms with Crippen molar-refractivity contribution in [1.82, 2.24) is 23.2 Å². The minimum Gasteiger partial charge on any atom is -0.269 e. The van der Waals surface area contributed by atoms with Gasteiger partial charge < -0.3 is 0 Å². The molecule has 0 aliphatic heterocycles. The van der Waals surface area contributed by atoms with Crippen LogP contribution in [0.4, 0.5) is 0 Å².